The lowest BCUT2D eigenvalue weighted by Gasteiger charge is -2.13. The van der Waals surface area contributed by atoms with Crippen LogP contribution < -0.4 is 4.90 Å². The highest BCUT2D eigenvalue weighted by Gasteiger charge is 2.15. The molecule has 0 aliphatic rings. The number of carbonyl (C=O) groups is 1. The molecule has 0 saturated carbocycles. The Balaban J connectivity index is 2.54. The van der Waals surface area contributed by atoms with E-state index in [1.54, 1.807) is 6.92 Å². The van der Waals surface area contributed by atoms with Gasteiger partial charge < -0.3 is 4.90 Å². The van der Waals surface area contributed by atoms with Gasteiger partial charge in [0, 0.05) is 32.3 Å². The van der Waals surface area contributed by atoms with Crippen LogP contribution in [0.15, 0.2) is 24.3 Å². The van der Waals surface area contributed by atoms with Crippen LogP contribution in [0.3, 0.4) is 0 Å². The second-order valence-electron chi connectivity index (χ2n) is 4.41. The molecular formula is C14H16N2OS. The van der Waals surface area contributed by atoms with E-state index in [-0.39, 0.29) is 5.78 Å². The molecule has 0 spiro atoms. The Morgan fingerprint density at radius 2 is 2.06 bits per heavy atom. The second kappa shape index (κ2) is 4.90. The lowest BCUT2D eigenvalue weighted by atomic mass is 10.1. The monoisotopic (exact) mass is 260 g/mol. The van der Waals surface area contributed by atoms with E-state index in [9.17, 15) is 4.79 Å². The van der Waals surface area contributed by atoms with Crippen molar-refractivity contribution in [2.45, 2.75) is 13.8 Å². The van der Waals surface area contributed by atoms with Gasteiger partial charge in [0.25, 0.3) is 0 Å². The molecule has 3 nitrogen and oxygen atoms in total. The molecule has 0 N–H and O–H groups in total. The molecule has 0 unspecified atom stereocenters. The van der Waals surface area contributed by atoms with Gasteiger partial charge >= 0.3 is 0 Å². The molecule has 0 amide bonds. The summed E-state index contributed by atoms with van der Waals surface area (Å²) in [6.45, 7) is 3.52. The van der Waals surface area contributed by atoms with E-state index in [2.05, 4.69) is 11.1 Å². The maximum Gasteiger partial charge on any atom is 0.172 e. The van der Waals surface area contributed by atoms with Gasteiger partial charge in [0.2, 0.25) is 0 Å². The Morgan fingerprint density at radius 3 is 2.67 bits per heavy atom. The van der Waals surface area contributed by atoms with E-state index in [4.69, 9.17) is 0 Å². The number of benzene rings is 1. The molecule has 94 valence electrons. The van der Waals surface area contributed by atoms with E-state index < -0.39 is 0 Å². The quantitative estimate of drug-likeness (QED) is 0.793. The van der Waals surface area contributed by atoms with Gasteiger partial charge in [0.05, 0.1) is 15.6 Å². The Hall–Kier alpha value is -1.68. The molecule has 0 fully saturated rings. The summed E-state index contributed by atoms with van der Waals surface area (Å²) in [5, 5.41) is 0.922. The van der Waals surface area contributed by atoms with E-state index in [1.807, 2.05) is 44.1 Å². The zero-order chi connectivity index (χ0) is 13.3. The van der Waals surface area contributed by atoms with Crippen molar-refractivity contribution in [1.82, 2.24) is 4.98 Å². The summed E-state index contributed by atoms with van der Waals surface area (Å²) in [5.41, 5.74) is 2.90. The van der Waals surface area contributed by atoms with Gasteiger partial charge in [-0.05, 0) is 19.1 Å². The van der Waals surface area contributed by atoms with Crippen LogP contribution in [-0.4, -0.2) is 24.9 Å². The molecule has 1 aromatic heterocycles. The van der Waals surface area contributed by atoms with Gasteiger partial charge in [-0.2, -0.15) is 0 Å². The first-order chi connectivity index (χ1) is 8.49. The molecule has 2 aromatic rings. The Kier molecular flexibility index (Phi) is 3.48. The van der Waals surface area contributed by atoms with Crippen molar-refractivity contribution in [2.24, 2.45) is 0 Å². The van der Waals surface area contributed by atoms with Gasteiger partial charge in [0.15, 0.2) is 5.78 Å². The highest BCUT2D eigenvalue weighted by atomic mass is 32.1. The summed E-state index contributed by atoms with van der Waals surface area (Å²) >= 11 is 1.46. The average molecular weight is 260 g/mol. The average Bonchev–Trinajstić information content (AvgIpc) is 2.72. The van der Waals surface area contributed by atoms with Crippen LogP contribution in [0.4, 0.5) is 5.69 Å². The van der Waals surface area contributed by atoms with E-state index in [0.717, 1.165) is 26.8 Å². The van der Waals surface area contributed by atoms with Crippen LogP contribution in [-0.2, 0) is 0 Å². The molecule has 4 heteroatoms. The van der Waals surface area contributed by atoms with Gasteiger partial charge in [-0.3, -0.25) is 4.79 Å². The maximum absolute atomic E-state index is 11.6. The number of anilines is 1. The van der Waals surface area contributed by atoms with Crippen molar-refractivity contribution in [1.29, 1.82) is 0 Å². The third-order valence-corrected chi connectivity index (χ3v) is 3.76. The van der Waals surface area contributed by atoms with Gasteiger partial charge in [0.1, 0.15) is 0 Å². The molecule has 1 heterocycles. The number of thiazole rings is 1. The highest BCUT2D eigenvalue weighted by molar-refractivity contribution is 7.14. The number of ketones is 1. The first kappa shape index (κ1) is 12.8. The molecule has 0 bridgehead atoms. The lowest BCUT2D eigenvalue weighted by Crippen LogP contribution is -2.08. The normalized spacial score (nSPS) is 10.4. The predicted molar refractivity (Wildman–Crippen MR) is 76.6 cm³/mol. The number of hydrogen-bond acceptors (Lipinski definition) is 4. The Labute approximate surface area is 111 Å². The van der Waals surface area contributed by atoms with Crippen molar-refractivity contribution in [3.8, 4) is 11.3 Å². The number of nitrogens with zero attached hydrogens (tertiary/aromatic N) is 2. The number of Topliss-reactive ketones (excluding diaryl/α,β-unsaturated/α-hetero) is 1. The van der Waals surface area contributed by atoms with Crippen molar-refractivity contribution < 1.29 is 4.79 Å². The first-order valence-corrected chi connectivity index (χ1v) is 6.57. The van der Waals surface area contributed by atoms with Crippen LogP contribution in [0.2, 0.25) is 0 Å². The van der Waals surface area contributed by atoms with Crippen molar-refractivity contribution in [2.75, 3.05) is 19.0 Å². The topological polar surface area (TPSA) is 33.2 Å². The maximum atomic E-state index is 11.6. The molecule has 2 rings (SSSR count). The third kappa shape index (κ3) is 2.43. The predicted octanol–water partition coefficient (Wildman–Crippen LogP) is 3.39. The SMILES string of the molecule is CC(=O)c1sc(C)nc1-c1cccc(N(C)C)c1. The smallest absolute Gasteiger partial charge is 0.172 e. The van der Waals surface area contributed by atoms with E-state index in [0.29, 0.717) is 0 Å². The standard InChI is InChI=1S/C14H16N2OS/c1-9(17)14-13(15-10(2)18-14)11-6-5-7-12(8-11)16(3)4/h5-8H,1-4H3. The van der Waals surface area contributed by atoms with Gasteiger partial charge in [-0.1, -0.05) is 12.1 Å². The molecule has 0 aliphatic carbocycles. The van der Waals surface area contributed by atoms with Crippen molar-refractivity contribution in [3.63, 3.8) is 0 Å². The van der Waals surface area contributed by atoms with E-state index in [1.165, 1.54) is 11.3 Å². The van der Waals surface area contributed by atoms with Gasteiger partial charge in [-0.15, -0.1) is 11.3 Å². The molecular weight excluding hydrogens is 244 g/mol. The summed E-state index contributed by atoms with van der Waals surface area (Å²) < 4.78 is 0. The minimum atomic E-state index is 0.0749. The Morgan fingerprint density at radius 1 is 1.33 bits per heavy atom. The fraction of sp³-hybridized carbons (Fsp3) is 0.286. The summed E-state index contributed by atoms with van der Waals surface area (Å²) in [5.74, 6) is 0.0749. The first-order valence-electron chi connectivity index (χ1n) is 5.75. The summed E-state index contributed by atoms with van der Waals surface area (Å²) in [6.07, 6.45) is 0. The lowest BCUT2D eigenvalue weighted by molar-refractivity contribution is 0.102. The fourth-order valence-electron chi connectivity index (χ4n) is 1.79. The Bertz CT molecular complexity index is 587. The van der Waals surface area contributed by atoms with Gasteiger partial charge in [-0.25, -0.2) is 4.98 Å². The minimum Gasteiger partial charge on any atom is -0.378 e. The molecule has 1 aromatic carbocycles. The number of carbonyl (C=O) groups excluding carboxylic acids is 1. The molecule has 0 atom stereocenters. The minimum absolute atomic E-state index is 0.0749. The zero-order valence-corrected chi connectivity index (χ0v) is 11.8. The summed E-state index contributed by atoms with van der Waals surface area (Å²) in [4.78, 5) is 18.9. The van der Waals surface area contributed by atoms with Crippen LogP contribution in [0, 0.1) is 6.92 Å². The number of aryl methyl sites for hydroxylation is 1. The molecule has 0 aliphatic heterocycles. The summed E-state index contributed by atoms with van der Waals surface area (Å²) in [6, 6.07) is 8.08. The number of rotatable bonds is 3. The van der Waals surface area contributed by atoms with E-state index >= 15 is 0 Å². The van der Waals surface area contributed by atoms with Crippen LogP contribution in [0.25, 0.3) is 11.3 Å². The van der Waals surface area contributed by atoms with Crippen LogP contribution in [0.1, 0.15) is 21.6 Å². The molecule has 18 heavy (non-hydrogen) atoms. The third-order valence-electron chi connectivity index (χ3n) is 2.69. The van der Waals surface area contributed by atoms with Crippen LogP contribution >= 0.6 is 11.3 Å². The highest BCUT2D eigenvalue weighted by Crippen LogP contribution is 2.30. The van der Waals surface area contributed by atoms with Crippen LogP contribution in [0.5, 0.6) is 0 Å². The number of aromatic nitrogens is 1. The summed E-state index contributed by atoms with van der Waals surface area (Å²) in [7, 11) is 3.99. The number of hydrogen-bond donors (Lipinski definition) is 0. The van der Waals surface area contributed by atoms with Crippen molar-refractivity contribution >= 4 is 22.8 Å². The molecule has 0 saturated heterocycles. The second-order valence-corrected chi connectivity index (χ2v) is 5.61. The largest absolute Gasteiger partial charge is 0.378 e. The fourth-order valence-corrected chi connectivity index (χ4v) is 2.63. The molecule has 0 radical (unpaired) electrons. The van der Waals surface area contributed by atoms with Crippen molar-refractivity contribution in [3.05, 3.63) is 34.2 Å². The zero-order valence-electron chi connectivity index (χ0n) is 11.0.